The van der Waals surface area contributed by atoms with E-state index in [1.807, 2.05) is 38.3 Å². The lowest BCUT2D eigenvalue weighted by Crippen LogP contribution is -2.47. The van der Waals surface area contributed by atoms with E-state index in [-0.39, 0.29) is 11.8 Å². The molecule has 0 spiro atoms. The van der Waals surface area contributed by atoms with Crippen LogP contribution in [-0.2, 0) is 4.79 Å². The number of carbonyl (C=O) groups excluding carboxylic acids is 2. The van der Waals surface area contributed by atoms with Gasteiger partial charge in [0.2, 0.25) is 5.91 Å². The van der Waals surface area contributed by atoms with Gasteiger partial charge in [0, 0.05) is 12.1 Å². The van der Waals surface area contributed by atoms with Gasteiger partial charge in [0.1, 0.15) is 6.04 Å². The quantitative estimate of drug-likeness (QED) is 0.775. The van der Waals surface area contributed by atoms with Crippen LogP contribution in [0.4, 0.5) is 0 Å². The molecule has 0 saturated carbocycles. The highest BCUT2D eigenvalue weighted by molar-refractivity contribution is 7.98. The van der Waals surface area contributed by atoms with Gasteiger partial charge in [-0.3, -0.25) is 9.59 Å². The minimum absolute atomic E-state index is 0.105. The first-order valence-electron chi connectivity index (χ1n) is 7.22. The molecule has 0 bridgehead atoms. The van der Waals surface area contributed by atoms with Crippen molar-refractivity contribution >= 4 is 23.6 Å². The average molecular weight is 308 g/mol. The van der Waals surface area contributed by atoms with Crippen molar-refractivity contribution in [1.29, 1.82) is 0 Å². The van der Waals surface area contributed by atoms with E-state index in [1.54, 1.807) is 17.8 Å². The molecular weight excluding hydrogens is 284 g/mol. The monoisotopic (exact) mass is 308 g/mol. The minimum atomic E-state index is -0.475. The highest BCUT2D eigenvalue weighted by Gasteiger charge is 2.20. The normalized spacial score (nSPS) is 11.8. The molecule has 1 atom stereocenters. The fourth-order valence-corrected chi connectivity index (χ4v) is 2.38. The molecule has 1 unspecified atom stereocenters. The predicted molar refractivity (Wildman–Crippen MR) is 88.7 cm³/mol. The van der Waals surface area contributed by atoms with Crippen LogP contribution in [0.15, 0.2) is 24.3 Å². The number of thioether (sulfide) groups is 1. The van der Waals surface area contributed by atoms with E-state index >= 15 is 0 Å². The van der Waals surface area contributed by atoms with Crippen molar-refractivity contribution in [2.45, 2.75) is 32.7 Å². The Kier molecular flexibility index (Phi) is 7.90. The first kappa shape index (κ1) is 17.6. The molecule has 0 radical (unpaired) electrons. The molecule has 4 nitrogen and oxygen atoms in total. The van der Waals surface area contributed by atoms with Crippen LogP contribution in [0.2, 0.25) is 0 Å². The molecule has 21 heavy (non-hydrogen) atoms. The second-order valence-electron chi connectivity index (χ2n) is 4.97. The molecule has 1 rings (SSSR count). The Hall–Kier alpha value is -1.49. The van der Waals surface area contributed by atoms with Gasteiger partial charge in [-0.25, -0.2) is 0 Å². The van der Waals surface area contributed by atoms with Crippen LogP contribution in [0.1, 0.15) is 35.7 Å². The number of amides is 2. The number of benzene rings is 1. The predicted octanol–water partition coefficient (Wildman–Crippen LogP) is 2.37. The Balaban J connectivity index is 2.70. The van der Waals surface area contributed by atoms with Crippen molar-refractivity contribution in [3.63, 3.8) is 0 Å². The lowest BCUT2D eigenvalue weighted by molar-refractivity contribution is -0.123. The van der Waals surface area contributed by atoms with Crippen LogP contribution in [0, 0.1) is 6.92 Å². The van der Waals surface area contributed by atoms with E-state index in [4.69, 9.17) is 0 Å². The zero-order valence-corrected chi connectivity index (χ0v) is 13.8. The zero-order valence-electron chi connectivity index (χ0n) is 12.9. The summed E-state index contributed by atoms with van der Waals surface area (Å²) in [5, 5.41) is 5.69. The number of aryl methyl sites for hydroxylation is 1. The molecular formula is C16H24N2O2S. The van der Waals surface area contributed by atoms with E-state index in [0.29, 0.717) is 18.5 Å². The second-order valence-corrected chi connectivity index (χ2v) is 5.95. The van der Waals surface area contributed by atoms with Gasteiger partial charge in [0.05, 0.1) is 0 Å². The number of nitrogens with one attached hydrogen (secondary N) is 2. The average Bonchev–Trinajstić information content (AvgIpc) is 2.48. The van der Waals surface area contributed by atoms with Gasteiger partial charge >= 0.3 is 0 Å². The van der Waals surface area contributed by atoms with Crippen LogP contribution < -0.4 is 10.6 Å². The zero-order chi connectivity index (χ0) is 15.7. The van der Waals surface area contributed by atoms with Crippen molar-refractivity contribution in [2.24, 2.45) is 0 Å². The Bertz CT molecular complexity index is 477. The maximum Gasteiger partial charge on any atom is 0.251 e. The summed E-state index contributed by atoms with van der Waals surface area (Å²) in [6, 6.07) is 6.90. The highest BCUT2D eigenvalue weighted by atomic mass is 32.2. The molecule has 0 aliphatic heterocycles. The molecule has 2 N–H and O–H groups in total. The van der Waals surface area contributed by atoms with Gasteiger partial charge in [-0.1, -0.05) is 24.6 Å². The summed E-state index contributed by atoms with van der Waals surface area (Å²) in [5.74, 6) is 0.529. The third-order valence-electron chi connectivity index (χ3n) is 3.06. The van der Waals surface area contributed by atoms with Crippen molar-refractivity contribution < 1.29 is 9.59 Å². The van der Waals surface area contributed by atoms with E-state index in [9.17, 15) is 9.59 Å². The number of rotatable bonds is 8. The molecule has 5 heteroatoms. The van der Waals surface area contributed by atoms with Gasteiger partial charge in [-0.2, -0.15) is 11.8 Å². The summed E-state index contributed by atoms with van der Waals surface area (Å²) in [6.45, 7) is 4.58. The summed E-state index contributed by atoms with van der Waals surface area (Å²) in [5.41, 5.74) is 1.62. The van der Waals surface area contributed by atoms with Crippen LogP contribution in [0.3, 0.4) is 0 Å². The topological polar surface area (TPSA) is 58.2 Å². The largest absolute Gasteiger partial charge is 0.354 e. The smallest absolute Gasteiger partial charge is 0.251 e. The van der Waals surface area contributed by atoms with Crippen molar-refractivity contribution in [1.82, 2.24) is 10.6 Å². The van der Waals surface area contributed by atoms with Crippen molar-refractivity contribution in [3.05, 3.63) is 35.4 Å². The fourth-order valence-electron chi connectivity index (χ4n) is 1.90. The van der Waals surface area contributed by atoms with Crippen LogP contribution in [0.25, 0.3) is 0 Å². The Morgan fingerprint density at radius 1 is 1.33 bits per heavy atom. The third kappa shape index (κ3) is 6.21. The minimum Gasteiger partial charge on any atom is -0.354 e. The summed E-state index contributed by atoms with van der Waals surface area (Å²) in [6.07, 6.45) is 3.50. The van der Waals surface area contributed by atoms with Gasteiger partial charge in [0.15, 0.2) is 0 Å². The summed E-state index contributed by atoms with van der Waals surface area (Å²) >= 11 is 1.67. The van der Waals surface area contributed by atoms with E-state index < -0.39 is 6.04 Å². The summed E-state index contributed by atoms with van der Waals surface area (Å²) < 4.78 is 0. The third-order valence-corrected chi connectivity index (χ3v) is 3.71. The van der Waals surface area contributed by atoms with Gasteiger partial charge in [0.25, 0.3) is 5.91 Å². The fraction of sp³-hybridized carbons (Fsp3) is 0.500. The van der Waals surface area contributed by atoms with Crippen molar-refractivity contribution in [2.75, 3.05) is 18.6 Å². The molecule has 2 amide bonds. The Morgan fingerprint density at radius 2 is 2.10 bits per heavy atom. The SMILES string of the molecule is CCCNC(=O)C(CCSC)NC(=O)c1cccc(C)c1. The van der Waals surface area contributed by atoms with Gasteiger partial charge in [-0.05, 0) is 43.9 Å². The Labute approximate surface area is 131 Å². The number of hydrogen-bond donors (Lipinski definition) is 2. The maximum absolute atomic E-state index is 12.3. The molecule has 0 heterocycles. The molecule has 1 aromatic carbocycles. The first-order valence-corrected chi connectivity index (χ1v) is 8.62. The molecule has 116 valence electrons. The molecule has 0 saturated heterocycles. The van der Waals surface area contributed by atoms with Crippen molar-refractivity contribution in [3.8, 4) is 0 Å². The standard InChI is InChI=1S/C16H24N2O2S/c1-4-9-17-16(20)14(8-10-21-3)18-15(19)13-7-5-6-12(2)11-13/h5-7,11,14H,4,8-10H2,1-3H3,(H,17,20)(H,18,19). The summed E-state index contributed by atoms with van der Waals surface area (Å²) in [7, 11) is 0. The first-order chi connectivity index (χ1) is 10.1. The highest BCUT2D eigenvalue weighted by Crippen LogP contribution is 2.06. The summed E-state index contributed by atoms with van der Waals surface area (Å²) in [4.78, 5) is 24.4. The molecule has 0 aliphatic carbocycles. The van der Waals surface area contributed by atoms with Gasteiger partial charge in [-0.15, -0.1) is 0 Å². The Morgan fingerprint density at radius 3 is 2.71 bits per heavy atom. The van der Waals surface area contributed by atoms with Gasteiger partial charge < -0.3 is 10.6 Å². The molecule has 0 aromatic heterocycles. The molecule has 0 fully saturated rings. The van der Waals surface area contributed by atoms with Crippen LogP contribution in [0.5, 0.6) is 0 Å². The lowest BCUT2D eigenvalue weighted by Gasteiger charge is -2.18. The lowest BCUT2D eigenvalue weighted by atomic mass is 10.1. The van der Waals surface area contributed by atoms with E-state index in [2.05, 4.69) is 10.6 Å². The maximum atomic E-state index is 12.3. The molecule has 0 aliphatic rings. The van der Waals surface area contributed by atoms with E-state index in [0.717, 1.165) is 17.7 Å². The second kappa shape index (κ2) is 9.45. The van der Waals surface area contributed by atoms with Crippen LogP contribution in [-0.4, -0.2) is 36.4 Å². The van der Waals surface area contributed by atoms with Crippen LogP contribution >= 0.6 is 11.8 Å². The van der Waals surface area contributed by atoms with E-state index in [1.165, 1.54) is 0 Å². The molecule has 1 aromatic rings. The number of carbonyl (C=O) groups is 2. The number of hydrogen-bond acceptors (Lipinski definition) is 3.